The third-order valence-electron chi connectivity index (χ3n) is 6.14. The quantitative estimate of drug-likeness (QED) is 0.341. The maximum absolute atomic E-state index is 13.3. The van der Waals surface area contributed by atoms with Gasteiger partial charge in [0, 0.05) is 23.4 Å². The number of hydrogen-bond acceptors (Lipinski definition) is 6. The van der Waals surface area contributed by atoms with Crippen LogP contribution in [0.15, 0.2) is 77.7 Å². The van der Waals surface area contributed by atoms with Crippen LogP contribution in [0.3, 0.4) is 0 Å². The van der Waals surface area contributed by atoms with Gasteiger partial charge in [0.25, 0.3) is 10.0 Å². The molecule has 2 N–H and O–H groups in total. The van der Waals surface area contributed by atoms with E-state index in [1.54, 1.807) is 18.2 Å². The largest absolute Gasteiger partial charge is 0.439 e. The van der Waals surface area contributed by atoms with Crippen LogP contribution < -0.4 is 14.8 Å². The zero-order valence-electron chi connectivity index (χ0n) is 20.4. The van der Waals surface area contributed by atoms with Crippen molar-refractivity contribution < 1.29 is 13.2 Å². The lowest BCUT2D eigenvalue weighted by molar-refractivity contribution is 0.456. The Morgan fingerprint density at radius 1 is 0.972 bits per heavy atom. The van der Waals surface area contributed by atoms with Crippen molar-refractivity contribution in [1.29, 1.82) is 0 Å². The van der Waals surface area contributed by atoms with Gasteiger partial charge >= 0.3 is 0 Å². The van der Waals surface area contributed by atoms with Gasteiger partial charge in [0.1, 0.15) is 5.75 Å². The fourth-order valence-corrected chi connectivity index (χ4v) is 5.33. The fraction of sp³-hybridized carbons (Fsp3) is 0.214. The number of sulfonamides is 1. The van der Waals surface area contributed by atoms with Crippen LogP contribution in [0.5, 0.6) is 11.6 Å². The molecule has 0 saturated heterocycles. The molecule has 0 spiro atoms. The van der Waals surface area contributed by atoms with Crippen LogP contribution in [0.4, 0.5) is 11.6 Å². The zero-order chi connectivity index (χ0) is 25.3. The van der Waals surface area contributed by atoms with E-state index in [1.165, 1.54) is 0 Å². The van der Waals surface area contributed by atoms with Crippen molar-refractivity contribution in [2.45, 2.75) is 44.6 Å². The number of nitrogens with one attached hydrogen (secondary N) is 2. The third kappa shape index (κ3) is 4.77. The van der Waals surface area contributed by atoms with Crippen molar-refractivity contribution in [1.82, 2.24) is 9.97 Å². The van der Waals surface area contributed by atoms with Crippen molar-refractivity contribution in [3.63, 3.8) is 0 Å². The van der Waals surface area contributed by atoms with Crippen molar-refractivity contribution in [3.8, 4) is 22.9 Å². The lowest BCUT2D eigenvalue weighted by atomic mass is 9.93. The van der Waals surface area contributed by atoms with Crippen LogP contribution in [0, 0.1) is 0 Å². The second kappa shape index (κ2) is 9.62. The molecule has 7 nitrogen and oxygen atoms in total. The number of rotatable bonds is 3. The van der Waals surface area contributed by atoms with Crippen molar-refractivity contribution in [2.75, 3.05) is 10.0 Å². The molecule has 0 fully saturated rings. The molecule has 36 heavy (non-hydrogen) atoms. The number of anilines is 2. The van der Waals surface area contributed by atoms with Crippen molar-refractivity contribution in [3.05, 3.63) is 89.5 Å². The molecule has 0 unspecified atom stereocenters. The molecule has 5 rings (SSSR count). The lowest BCUT2D eigenvalue weighted by Gasteiger charge is -2.19. The molecule has 1 aliphatic rings. The van der Waals surface area contributed by atoms with E-state index in [-0.39, 0.29) is 16.8 Å². The second-order valence-corrected chi connectivity index (χ2v) is 10.7. The number of hydrogen-bond donors (Lipinski definition) is 2. The van der Waals surface area contributed by atoms with Crippen LogP contribution in [-0.2, 0) is 23.0 Å². The molecule has 184 valence electrons. The van der Waals surface area contributed by atoms with Gasteiger partial charge in [-0.1, -0.05) is 63.2 Å². The Labute approximate surface area is 211 Å². The normalized spacial score (nSPS) is 14.2. The Hall–Kier alpha value is -3.91. The van der Waals surface area contributed by atoms with Gasteiger partial charge in [0.05, 0.1) is 10.6 Å². The van der Waals surface area contributed by atoms with Gasteiger partial charge in [0.15, 0.2) is 0 Å². The molecule has 3 aromatic carbocycles. The maximum atomic E-state index is 13.3. The summed E-state index contributed by atoms with van der Waals surface area (Å²) in [6.07, 6.45) is 0.605. The van der Waals surface area contributed by atoms with Crippen LogP contribution in [-0.4, -0.2) is 18.4 Å². The molecule has 2 heterocycles. The van der Waals surface area contributed by atoms with Gasteiger partial charge in [-0.05, 0) is 53.8 Å². The Morgan fingerprint density at radius 2 is 1.78 bits per heavy atom. The Balaban J connectivity index is 1.76. The number of nitrogens with zero attached hydrogens (tertiary/aromatic N) is 2. The number of fused-ring (bicyclic) bond motifs is 6. The van der Waals surface area contributed by atoms with Gasteiger partial charge in [-0.15, -0.1) is 0 Å². The molecule has 0 aliphatic carbocycles. The molecule has 0 atom stereocenters. The first-order chi connectivity index (χ1) is 17.3. The van der Waals surface area contributed by atoms with Crippen LogP contribution in [0.1, 0.15) is 43.4 Å². The van der Waals surface area contributed by atoms with E-state index < -0.39 is 10.0 Å². The first kappa shape index (κ1) is 23.8. The highest BCUT2D eigenvalue weighted by molar-refractivity contribution is 7.92. The molecule has 6 bridgehead atoms. The Kier molecular flexibility index (Phi) is 6.36. The van der Waals surface area contributed by atoms with E-state index in [0.29, 0.717) is 36.0 Å². The van der Waals surface area contributed by atoms with Crippen LogP contribution in [0.25, 0.3) is 11.3 Å². The SMILES string of the molecule is CCc1c2nc(nc1-c1ccccc1C(C)C)NS(=O)(=O)c1cccc(c1)NCc1cccc(c1)O2. The van der Waals surface area contributed by atoms with E-state index in [2.05, 4.69) is 34.9 Å². The smallest absolute Gasteiger partial charge is 0.264 e. The highest BCUT2D eigenvalue weighted by atomic mass is 32.2. The van der Waals surface area contributed by atoms with Gasteiger partial charge in [0.2, 0.25) is 11.8 Å². The molecule has 8 heteroatoms. The van der Waals surface area contributed by atoms with Gasteiger partial charge in [-0.2, -0.15) is 4.98 Å². The van der Waals surface area contributed by atoms with Crippen LogP contribution >= 0.6 is 0 Å². The average molecular weight is 501 g/mol. The first-order valence-electron chi connectivity index (χ1n) is 12.0. The number of aromatic nitrogens is 2. The molecule has 0 radical (unpaired) electrons. The molecule has 0 saturated carbocycles. The Bertz CT molecular complexity index is 1530. The summed E-state index contributed by atoms with van der Waals surface area (Å²) < 4.78 is 35.5. The number of ether oxygens (including phenoxy) is 1. The maximum Gasteiger partial charge on any atom is 0.264 e. The number of benzene rings is 3. The predicted octanol–water partition coefficient (Wildman–Crippen LogP) is 6.35. The summed E-state index contributed by atoms with van der Waals surface area (Å²) >= 11 is 0. The van der Waals surface area contributed by atoms with E-state index >= 15 is 0 Å². The highest BCUT2D eigenvalue weighted by Crippen LogP contribution is 2.37. The molecule has 1 aliphatic heterocycles. The van der Waals surface area contributed by atoms with E-state index in [4.69, 9.17) is 9.72 Å². The molecule has 0 amide bonds. The summed E-state index contributed by atoms with van der Waals surface area (Å²) in [5.74, 6) is 1.15. The van der Waals surface area contributed by atoms with E-state index in [0.717, 1.165) is 22.3 Å². The van der Waals surface area contributed by atoms with Gasteiger partial charge in [-0.3, -0.25) is 0 Å². The first-order valence-corrected chi connectivity index (χ1v) is 13.5. The fourth-order valence-electron chi connectivity index (χ4n) is 4.34. The van der Waals surface area contributed by atoms with Crippen molar-refractivity contribution >= 4 is 21.7 Å². The average Bonchev–Trinajstić information content (AvgIpc) is 2.87. The molecule has 1 aromatic heterocycles. The summed E-state index contributed by atoms with van der Waals surface area (Å²) in [5, 5.41) is 3.28. The summed E-state index contributed by atoms with van der Waals surface area (Å²) in [5.41, 5.74) is 5.19. The van der Waals surface area contributed by atoms with E-state index in [1.807, 2.05) is 55.5 Å². The minimum absolute atomic E-state index is 0.0395. The monoisotopic (exact) mass is 500 g/mol. The lowest BCUT2D eigenvalue weighted by Crippen LogP contribution is -2.17. The highest BCUT2D eigenvalue weighted by Gasteiger charge is 2.23. The van der Waals surface area contributed by atoms with Gasteiger partial charge in [-0.25, -0.2) is 18.1 Å². The standard InChI is InChI=1S/C28H28N4O3S/c1-4-23-26(25-14-6-5-13-24(25)18(2)3)30-28-31-27(23)35-21-11-7-9-19(15-21)17-29-20-10-8-12-22(16-20)36(33,34)32-28/h5-16,18,29H,4,17H2,1-3H3,(H,30,31,32). The predicted molar refractivity (Wildman–Crippen MR) is 142 cm³/mol. The minimum atomic E-state index is -3.95. The molecular weight excluding hydrogens is 472 g/mol. The van der Waals surface area contributed by atoms with E-state index in [9.17, 15) is 8.42 Å². The minimum Gasteiger partial charge on any atom is -0.439 e. The molecule has 4 aromatic rings. The summed E-state index contributed by atoms with van der Waals surface area (Å²) in [6.45, 7) is 6.77. The second-order valence-electron chi connectivity index (χ2n) is 9.01. The Morgan fingerprint density at radius 3 is 2.58 bits per heavy atom. The van der Waals surface area contributed by atoms with Crippen LogP contribution in [0.2, 0.25) is 0 Å². The topological polar surface area (TPSA) is 93.2 Å². The zero-order valence-corrected chi connectivity index (χ0v) is 21.3. The third-order valence-corrected chi connectivity index (χ3v) is 7.47. The molecular formula is C28H28N4O3S. The summed E-state index contributed by atoms with van der Waals surface area (Å²) in [7, 11) is -3.95. The van der Waals surface area contributed by atoms with Crippen molar-refractivity contribution in [2.24, 2.45) is 0 Å². The summed E-state index contributed by atoms with van der Waals surface area (Å²) in [6, 6.07) is 22.5. The van der Waals surface area contributed by atoms with Gasteiger partial charge < -0.3 is 10.1 Å². The summed E-state index contributed by atoms with van der Waals surface area (Å²) in [4.78, 5) is 9.39.